The van der Waals surface area contributed by atoms with Gasteiger partial charge in [0.1, 0.15) is 5.75 Å². The lowest BCUT2D eigenvalue weighted by Gasteiger charge is -2.16. The highest BCUT2D eigenvalue weighted by atomic mass is 127. The highest BCUT2D eigenvalue weighted by Crippen LogP contribution is 2.19. The Morgan fingerprint density at radius 3 is 2.55 bits per heavy atom. The lowest BCUT2D eigenvalue weighted by Crippen LogP contribution is -2.39. The Morgan fingerprint density at radius 1 is 1.27 bits per heavy atom. The fourth-order valence-corrected chi connectivity index (χ4v) is 2.89. The van der Waals surface area contributed by atoms with Gasteiger partial charge in [0, 0.05) is 6.04 Å². The molecule has 0 aliphatic heterocycles. The van der Waals surface area contributed by atoms with E-state index in [1.807, 2.05) is 19.1 Å². The Balaban J connectivity index is 0.00000242. The molecule has 0 saturated heterocycles. The molecule has 0 heterocycles. The minimum Gasteiger partial charge on any atom is -0.496 e. The van der Waals surface area contributed by atoms with E-state index in [4.69, 9.17) is 10.5 Å². The molecule has 0 bridgehead atoms. The Morgan fingerprint density at radius 2 is 1.95 bits per heavy atom. The van der Waals surface area contributed by atoms with Gasteiger partial charge in [0.05, 0.1) is 13.7 Å². The third kappa shape index (κ3) is 6.02. The molecule has 0 amide bonds. The third-order valence-corrected chi connectivity index (χ3v) is 4.10. The molecule has 1 aliphatic carbocycles. The first-order valence-electron chi connectivity index (χ1n) is 7.89. The monoisotopic (exact) mass is 417 g/mol. The number of benzene rings is 1. The quantitative estimate of drug-likeness (QED) is 0.340. The average Bonchev–Trinajstić information content (AvgIpc) is 2.74. The summed E-state index contributed by atoms with van der Waals surface area (Å²) < 4.78 is 5.27. The van der Waals surface area contributed by atoms with Gasteiger partial charge in [-0.2, -0.15) is 0 Å². The van der Waals surface area contributed by atoms with Crippen molar-refractivity contribution in [1.29, 1.82) is 0 Å². The number of rotatable bonds is 4. The number of nitrogens with zero attached hydrogens (tertiary/aromatic N) is 1. The highest BCUT2D eigenvalue weighted by Gasteiger charge is 2.12. The van der Waals surface area contributed by atoms with E-state index in [9.17, 15) is 0 Å². The predicted molar refractivity (Wildman–Crippen MR) is 103 cm³/mol. The summed E-state index contributed by atoms with van der Waals surface area (Å²) in [6, 6.07) is 6.61. The first kappa shape index (κ1) is 19.1. The van der Waals surface area contributed by atoms with E-state index < -0.39 is 0 Å². The van der Waals surface area contributed by atoms with Crippen LogP contribution < -0.4 is 15.8 Å². The summed E-state index contributed by atoms with van der Waals surface area (Å²) in [6.07, 6.45) is 7.70. The first-order chi connectivity index (χ1) is 10.2. The van der Waals surface area contributed by atoms with Crippen LogP contribution in [0.15, 0.2) is 23.2 Å². The van der Waals surface area contributed by atoms with Gasteiger partial charge in [-0.25, -0.2) is 4.99 Å². The van der Waals surface area contributed by atoms with Crippen molar-refractivity contribution in [2.45, 2.75) is 58.0 Å². The topological polar surface area (TPSA) is 59.6 Å². The summed E-state index contributed by atoms with van der Waals surface area (Å²) in [5, 5.41) is 3.37. The second-order valence-corrected chi connectivity index (χ2v) is 5.84. The molecule has 3 N–H and O–H groups in total. The summed E-state index contributed by atoms with van der Waals surface area (Å²) in [7, 11) is 1.69. The maximum atomic E-state index is 6.01. The van der Waals surface area contributed by atoms with Crippen LogP contribution in [0.1, 0.15) is 49.7 Å². The van der Waals surface area contributed by atoms with Gasteiger partial charge in [-0.3, -0.25) is 0 Å². The van der Waals surface area contributed by atoms with Crippen LogP contribution in [0.4, 0.5) is 0 Å². The Bertz CT molecular complexity index is 483. The second-order valence-electron chi connectivity index (χ2n) is 5.84. The normalized spacial score (nSPS) is 16.5. The van der Waals surface area contributed by atoms with Gasteiger partial charge in [0.25, 0.3) is 0 Å². The zero-order chi connectivity index (χ0) is 15.1. The molecule has 1 aromatic rings. The minimum atomic E-state index is 0. The number of aryl methyl sites for hydroxylation is 1. The van der Waals surface area contributed by atoms with E-state index in [-0.39, 0.29) is 24.0 Å². The van der Waals surface area contributed by atoms with Crippen LogP contribution in [0.3, 0.4) is 0 Å². The molecule has 2 rings (SSSR count). The fourth-order valence-electron chi connectivity index (χ4n) is 2.89. The molecule has 1 saturated carbocycles. The number of aliphatic imine (C=N–C) groups is 1. The average molecular weight is 417 g/mol. The van der Waals surface area contributed by atoms with Crippen molar-refractivity contribution in [1.82, 2.24) is 5.32 Å². The first-order valence-corrected chi connectivity index (χ1v) is 7.89. The molecular weight excluding hydrogens is 389 g/mol. The maximum Gasteiger partial charge on any atom is 0.189 e. The summed E-state index contributed by atoms with van der Waals surface area (Å²) in [6.45, 7) is 2.65. The van der Waals surface area contributed by atoms with Crippen LogP contribution in [0.5, 0.6) is 5.75 Å². The van der Waals surface area contributed by atoms with Crippen LogP contribution in [0.25, 0.3) is 0 Å². The van der Waals surface area contributed by atoms with Gasteiger partial charge in [-0.05, 0) is 37.0 Å². The van der Waals surface area contributed by atoms with Crippen molar-refractivity contribution >= 4 is 29.9 Å². The van der Waals surface area contributed by atoms with Crippen molar-refractivity contribution in [3.63, 3.8) is 0 Å². The van der Waals surface area contributed by atoms with Gasteiger partial charge in [-0.15, -0.1) is 24.0 Å². The molecule has 0 aromatic heterocycles. The van der Waals surface area contributed by atoms with Crippen molar-refractivity contribution < 1.29 is 4.74 Å². The Kier molecular flexibility index (Phi) is 8.60. The largest absolute Gasteiger partial charge is 0.496 e. The van der Waals surface area contributed by atoms with E-state index in [0.717, 1.165) is 16.9 Å². The lowest BCUT2D eigenvalue weighted by molar-refractivity contribution is 0.411. The summed E-state index contributed by atoms with van der Waals surface area (Å²) in [4.78, 5) is 4.46. The molecule has 0 unspecified atom stereocenters. The van der Waals surface area contributed by atoms with Gasteiger partial charge in [0.2, 0.25) is 0 Å². The summed E-state index contributed by atoms with van der Waals surface area (Å²) >= 11 is 0. The third-order valence-electron chi connectivity index (χ3n) is 4.10. The molecule has 0 atom stereocenters. The molecule has 124 valence electrons. The van der Waals surface area contributed by atoms with Gasteiger partial charge in [-0.1, -0.05) is 37.8 Å². The number of nitrogens with two attached hydrogens (primary N) is 1. The summed E-state index contributed by atoms with van der Waals surface area (Å²) in [5.74, 6) is 1.47. The molecule has 22 heavy (non-hydrogen) atoms. The van der Waals surface area contributed by atoms with Crippen LogP contribution in [-0.4, -0.2) is 19.1 Å². The van der Waals surface area contributed by atoms with Crippen molar-refractivity contribution in [3.05, 3.63) is 29.3 Å². The smallest absolute Gasteiger partial charge is 0.189 e. The molecule has 0 radical (unpaired) electrons. The molecule has 5 heteroatoms. The van der Waals surface area contributed by atoms with E-state index >= 15 is 0 Å². The zero-order valence-corrected chi connectivity index (χ0v) is 15.9. The van der Waals surface area contributed by atoms with Crippen LogP contribution in [-0.2, 0) is 6.54 Å². The number of halogens is 1. The van der Waals surface area contributed by atoms with E-state index in [2.05, 4.69) is 16.4 Å². The molecule has 0 spiro atoms. The number of methoxy groups -OCH3 is 1. The zero-order valence-electron chi connectivity index (χ0n) is 13.6. The number of nitrogens with one attached hydrogen (secondary N) is 1. The standard InChI is InChI=1S/C17H27N3O.HI/c1-13-11-14(9-10-16(13)21-2)12-19-17(18)20-15-7-5-3-4-6-8-15;/h9-11,15H,3-8,12H2,1-2H3,(H3,18,19,20);1H. The molecule has 1 aliphatic rings. The van der Waals surface area contributed by atoms with Gasteiger partial charge >= 0.3 is 0 Å². The highest BCUT2D eigenvalue weighted by molar-refractivity contribution is 14.0. The molecular formula is C17H28IN3O. The van der Waals surface area contributed by atoms with Gasteiger partial charge < -0.3 is 15.8 Å². The maximum absolute atomic E-state index is 6.01. The molecule has 1 fully saturated rings. The lowest BCUT2D eigenvalue weighted by atomic mass is 10.1. The van der Waals surface area contributed by atoms with Crippen LogP contribution in [0, 0.1) is 6.92 Å². The summed E-state index contributed by atoms with van der Waals surface area (Å²) in [5.41, 5.74) is 8.29. The number of hydrogen-bond donors (Lipinski definition) is 2. The Hall–Kier alpha value is -0.980. The minimum absolute atomic E-state index is 0. The number of guanidine groups is 1. The fraction of sp³-hybridized carbons (Fsp3) is 0.588. The molecule has 4 nitrogen and oxygen atoms in total. The Labute approximate surface area is 150 Å². The predicted octanol–water partition coefficient (Wildman–Crippen LogP) is 3.75. The van der Waals surface area contributed by atoms with E-state index in [0.29, 0.717) is 18.5 Å². The molecule has 1 aromatic carbocycles. The van der Waals surface area contributed by atoms with E-state index in [1.165, 1.54) is 38.5 Å². The van der Waals surface area contributed by atoms with E-state index in [1.54, 1.807) is 7.11 Å². The number of ether oxygens (including phenoxy) is 1. The second kappa shape index (κ2) is 9.92. The van der Waals surface area contributed by atoms with Crippen molar-refractivity contribution in [3.8, 4) is 5.75 Å². The van der Waals surface area contributed by atoms with Crippen LogP contribution in [0.2, 0.25) is 0 Å². The van der Waals surface area contributed by atoms with Crippen molar-refractivity contribution in [2.75, 3.05) is 7.11 Å². The van der Waals surface area contributed by atoms with Crippen molar-refractivity contribution in [2.24, 2.45) is 10.7 Å². The van der Waals surface area contributed by atoms with Crippen LogP contribution >= 0.6 is 24.0 Å². The van der Waals surface area contributed by atoms with Gasteiger partial charge in [0.15, 0.2) is 5.96 Å². The SMILES string of the molecule is COc1ccc(CN=C(N)NC2CCCCCC2)cc1C.I. The number of hydrogen-bond acceptors (Lipinski definition) is 2.